The fraction of sp³-hybridized carbons (Fsp3) is 0.526. The third-order valence-corrected chi connectivity index (χ3v) is 3.85. The van der Waals surface area contributed by atoms with Crippen LogP contribution in [0.3, 0.4) is 0 Å². The van der Waals surface area contributed by atoms with Gasteiger partial charge in [0.15, 0.2) is 11.6 Å². The van der Waals surface area contributed by atoms with Gasteiger partial charge >= 0.3 is 0 Å². The van der Waals surface area contributed by atoms with E-state index < -0.39 is 17.4 Å². The molecule has 2 rings (SSSR count). The summed E-state index contributed by atoms with van der Waals surface area (Å²) in [6, 6.07) is 2.34. The Hall–Kier alpha value is -2.11. The summed E-state index contributed by atoms with van der Waals surface area (Å²) in [5.74, 6) is -1.92. The minimum Gasteiger partial charge on any atom is -0.488 e. The van der Waals surface area contributed by atoms with Crippen LogP contribution in [-0.2, 0) is 4.79 Å². The van der Waals surface area contributed by atoms with E-state index in [0.717, 1.165) is 12.5 Å². The number of nitrogens with zero attached hydrogens (tertiary/aromatic N) is 1. The van der Waals surface area contributed by atoms with Crippen LogP contribution in [0, 0.1) is 17.6 Å². The van der Waals surface area contributed by atoms with Crippen molar-refractivity contribution in [2.24, 2.45) is 5.92 Å². The zero-order valence-electron chi connectivity index (χ0n) is 15.3. The molecule has 4 nitrogen and oxygen atoms in total. The summed E-state index contributed by atoms with van der Waals surface area (Å²) in [6.45, 7) is 9.79. The number of ether oxygens (including phenoxy) is 2. The smallest absolute Gasteiger partial charge is 0.250 e. The van der Waals surface area contributed by atoms with Gasteiger partial charge in [-0.05, 0) is 45.2 Å². The van der Waals surface area contributed by atoms with Crippen molar-refractivity contribution in [1.29, 1.82) is 0 Å². The molecule has 1 aliphatic heterocycles. The first-order chi connectivity index (χ1) is 11.7. The Balaban J connectivity index is 2.15. The standard InChI is InChI=1S/C19H25F2NO3/c1-11(2)8-13(5)22-10-14(9-17(22)23)25-19-15(20)6-7-16(18(19)21)24-12(3)4/h6-7,9,11-13H,8,10H2,1-5H3/t13-/m0/s1. The van der Waals surface area contributed by atoms with Crippen LogP contribution in [0.2, 0.25) is 0 Å². The van der Waals surface area contributed by atoms with Gasteiger partial charge in [0, 0.05) is 12.1 Å². The highest BCUT2D eigenvalue weighted by Crippen LogP contribution is 2.32. The summed E-state index contributed by atoms with van der Waals surface area (Å²) < 4.78 is 39.2. The quantitative estimate of drug-likeness (QED) is 0.734. The maximum Gasteiger partial charge on any atom is 0.250 e. The Kier molecular flexibility index (Phi) is 6.03. The van der Waals surface area contributed by atoms with Crippen LogP contribution in [0.4, 0.5) is 8.78 Å². The summed E-state index contributed by atoms with van der Waals surface area (Å²) in [4.78, 5) is 13.8. The highest BCUT2D eigenvalue weighted by atomic mass is 19.1. The Morgan fingerprint density at radius 2 is 1.84 bits per heavy atom. The monoisotopic (exact) mass is 353 g/mol. The van der Waals surface area contributed by atoms with Gasteiger partial charge in [0.2, 0.25) is 11.6 Å². The van der Waals surface area contributed by atoms with Gasteiger partial charge in [-0.2, -0.15) is 4.39 Å². The Morgan fingerprint density at radius 3 is 2.44 bits per heavy atom. The minimum absolute atomic E-state index is 0.0233. The molecule has 0 fully saturated rings. The van der Waals surface area contributed by atoms with Crippen molar-refractivity contribution in [3.63, 3.8) is 0 Å². The van der Waals surface area contributed by atoms with E-state index in [-0.39, 0.29) is 36.1 Å². The zero-order chi connectivity index (χ0) is 18.7. The van der Waals surface area contributed by atoms with Crippen LogP contribution >= 0.6 is 0 Å². The van der Waals surface area contributed by atoms with Crippen molar-refractivity contribution in [1.82, 2.24) is 4.90 Å². The molecule has 0 saturated heterocycles. The number of halogens is 2. The van der Waals surface area contributed by atoms with Gasteiger partial charge in [-0.1, -0.05) is 13.8 Å². The maximum atomic E-state index is 14.5. The largest absolute Gasteiger partial charge is 0.488 e. The van der Waals surface area contributed by atoms with Crippen molar-refractivity contribution in [3.8, 4) is 11.5 Å². The predicted molar refractivity (Wildman–Crippen MR) is 91.5 cm³/mol. The molecule has 0 unspecified atom stereocenters. The molecule has 1 aromatic carbocycles. The molecule has 0 N–H and O–H groups in total. The normalized spacial score (nSPS) is 15.8. The number of hydrogen-bond acceptors (Lipinski definition) is 3. The van der Waals surface area contributed by atoms with Crippen molar-refractivity contribution in [2.75, 3.05) is 6.54 Å². The molecular weight excluding hydrogens is 328 g/mol. The average molecular weight is 353 g/mol. The maximum absolute atomic E-state index is 14.5. The molecule has 1 aromatic rings. The Bertz CT molecular complexity index is 671. The van der Waals surface area contributed by atoms with Gasteiger partial charge in [0.25, 0.3) is 5.91 Å². The second-order valence-electron chi connectivity index (χ2n) is 7.01. The van der Waals surface area contributed by atoms with E-state index in [9.17, 15) is 13.6 Å². The van der Waals surface area contributed by atoms with E-state index in [2.05, 4.69) is 13.8 Å². The highest BCUT2D eigenvalue weighted by molar-refractivity contribution is 5.91. The number of rotatable bonds is 7. The molecule has 0 radical (unpaired) electrons. The lowest BCUT2D eigenvalue weighted by molar-refractivity contribution is -0.126. The van der Waals surface area contributed by atoms with Crippen LogP contribution in [0.5, 0.6) is 11.5 Å². The van der Waals surface area contributed by atoms with Crippen molar-refractivity contribution < 1.29 is 23.0 Å². The molecule has 0 bridgehead atoms. The summed E-state index contributed by atoms with van der Waals surface area (Å²) in [6.07, 6.45) is 1.87. The van der Waals surface area contributed by atoms with E-state index in [1.54, 1.807) is 18.7 Å². The minimum atomic E-state index is -0.907. The molecule has 1 amide bonds. The molecular formula is C19H25F2NO3. The van der Waals surface area contributed by atoms with Crippen molar-refractivity contribution in [2.45, 2.75) is 53.2 Å². The van der Waals surface area contributed by atoms with Crippen molar-refractivity contribution >= 4 is 5.91 Å². The molecule has 0 aliphatic carbocycles. The lowest BCUT2D eigenvalue weighted by Crippen LogP contribution is -2.36. The SMILES string of the molecule is CC(C)C[C@H](C)N1CC(Oc2c(F)ccc(OC(C)C)c2F)=CC1=O. The highest BCUT2D eigenvalue weighted by Gasteiger charge is 2.29. The van der Waals surface area contributed by atoms with E-state index in [1.807, 2.05) is 6.92 Å². The number of benzene rings is 1. The molecule has 0 saturated carbocycles. The summed E-state index contributed by atoms with van der Waals surface area (Å²) in [5, 5.41) is 0. The summed E-state index contributed by atoms with van der Waals surface area (Å²) in [5.41, 5.74) is 0. The van der Waals surface area contributed by atoms with E-state index in [0.29, 0.717) is 5.92 Å². The second kappa shape index (κ2) is 7.85. The molecule has 0 aromatic heterocycles. The number of amides is 1. The molecule has 1 aliphatic rings. The molecule has 0 spiro atoms. The first kappa shape index (κ1) is 19.2. The van der Waals surface area contributed by atoms with Crippen LogP contribution in [-0.4, -0.2) is 29.5 Å². The molecule has 1 atom stereocenters. The number of carbonyl (C=O) groups excluding carboxylic acids is 1. The van der Waals surface area contributed by atoms with Crippen LogP contribution in [0.15, 0.2) is 24.0 Å². The predicted octanol–water partition coefficient (Wildman–Crippen LogP) is 4.29. The zero-order valence-corrected chi connectivity index (χ0v) is 15.3. The van der Waals surface area contributed by atoms with E-state index in [1.165, 1.54) is 12.1 Å². The van der Waals surface area contributed by atoms with E-state index in [4.69, 9.17) is 9.47 Å². The Labute approximate surface area is 147 Å². The fourth-order valence-corrected chi connectivity index (χ4v) is 2.84. The van der Waals surface area contributed by atoms with Crippen LogP contribution in [0.25, 0.3) is 0 Å². The molecule has 1 heterocycles. The van der Waals surface area contributed by atoms with Crippen LogP contribution < -0.4 is 9.47 Å². The first-order valence-corrected chi connectivity index (χ1v) is 8.52. The average Bonchev–Trinajstić information content (AvgIpc) is 2.86. The summed E-state index contributed by atoms with van der Waals surface area (Å²) >= 11 is 0. The third-order valence-electron chi connectivity index (χ3n) is 3.85. The lowest BCUT2D eigenvalue weighted by Gasteiger charge is -2.26. The van der Waals surface area contributed by atoms with Gasteiger partial charge < -0.3 is 14.4 Å². The van der Waals surface area contributed by atoms with E-state index >= 15 is 0 Å². The number of hydrogen-bond donors (Lipinski definition) is 0. The van der Waals surface area contributed by atoms with Crippen LogP contribution in [0.1, 0.15) is 41.0 Å². The number of carbonyl (C=O) groups is 1. The second-order valence-corrected chi connectivity index (χ2v) is 7.01. The topological polar surface area (TPSA) is 38.8 Å². The molecule has 6 heteroatoms. The lowest BCUT2D eigenvalue weighted by atomic mass is 10.0. The first-order valence-electron chi connectivity index (χ1n) is 8.52. The molecule has 138 valence electrons. The van der Waals surface area contributed by atoms with Crippen molar-refractivity contribution in [3.05, 3.63) is 35.6 Å². The Morgan fingerprint density at radius 1 is 1.16 bits per heavy atom. The third kappa shape index (κ3) is 4.71. The van der Waals surface area contributed by atoms with Gasteiger partial charge in [0.1, 0.15) is 5.76 Å². The van der Waals surface area contributed by atoms with Gasteiger partial charge in [0.05, 0.1) is 12.6 Å². The summed E-state index contributed by atoms with van der Waals surface area (Å²) in [7, 11) is 0. The molecule has 25 heavy (non-hydrogen) atoms. The fourth-order valence-electron chi connectivity index (χ4n) is 2.84. The van der Waals surface area contributed by atoms with Gasteiger partial charge in [-0.15, -0.1) is 0 Å². The van der Waals surface area contributed by atoms with Gasteiger partial charge in [-0.3, -0.25) is 4.79 Å². The van der Waals surface area contributed by atoms with Gasteiger partial charge in [-0.25, -0.2) is 4.39 Å².